The summed E-state index contributed by atoms with van der Waals surface area (Å²) < 4.78 is 5.65. The quantitative estimate of drug-likeness (QED) is 0.822. The zero-order chi connectivity index (χ0) is 12.3. The minimum Gasteiger partial charge on any atom is -0.440 e. The highest BCUT2D eigenvalue weighted by molar-refractivity contribution is 7.98. The van der Waals surface area contributed by atoms with E-state index >= 15 is 0 Å². The van der Waals surface area contributed by atoms with Gasteiger partial charge in [0.05, 0.1) is 5.75 Å². The molecule has 0 fully saturated rings. The van der Waals surface area contributed by atoms with Crippen LogP contribution in [0, 0.1) is 5.92 Å². The van der Waals surface area contributed by atoms with Crippen molar-refractivity contribution in [3.8, 4) is 0 Å². The average molecular weight is 250 g/mol. The van der Waals surface area contributed by atoms with E-state index in [4.69, 9.17) is 10.2 Å². The zero-order valence-electron chi connectivity index (χ0n) is 10.3. The molecule has 0 aliphatic rings. The van der Waals surface area contributed by atoms with Gasteiger partial charge in [0, 0.05) is 11.8 Å². The van der Waals surface area contributed by atoms with Crippen molar-refractivity contribution < 1.29 is 4.42 Å². The third-order valence-electron chi connectivity index (χ3n) is 2.78. The Balaban J connectivity index is 1.99. The molecule has 0 bridgehead atoms. The number of nitrogens with two attached hydrogens (primary N) is 1. The second-order valence-electron chi connectivity index (χ2n) is 4.36. The highest BCUT2D eigenvalue weighted by atomic mass is 32.2. The van der Waals surface area contributed by atoms with E-state index in [-0.39, 0.29) is 0 Å². The van der Waals surface area contributed by atoms with Gasteiger partial charge in [0.15, 0.2) is 5.58 Å². The van der Waals surface area contributed by atoms with Crippen LogP contribution in [-0.2, 0) is 5.75 Å². The molecule has 1 aromatic heterocycles. The van der Waals surface area contributed by atoms with E-state index in [9.17, 15) is 0 Å². The first kappa shape index (κ1) is 12.3. The van der Waals surface area contributed by atoms with E-state index in [1.165, 1.54) is 6.42 Å². The van der Waals surface area contributed by atoms with Crippen molar-refractivity contribution in [2.24, 2.45) is 5.92 Å². The highest BCUT2D eigenvalue weighted by Crippen LogP contribution is 2.22. The summed E-state index contributed by atoms with van der Waals surface area (Å²) in [6.07, 6.45) is 1.22. The molecule has 0 saturated carbocycles. The molecule has 0 aliphatic carbocycles. The maximum Gasteiger partial charge on any atom is 0.205 e. The lowest BCUT2D eigenvalue weighted by Crippen LogP contribution is -1.95. The third kappa shape index (κ3) is 3.16. The molecular weight excluding hydrogens is 232 g/mol. The molecule has 1 atom stereocenters. The number of aromatic nitrogens is 1. The lowest BCUT2D eigenvalue weighted by atomic mass is 10.2. The van der Waals surface area contributed by atoms with Crippen molar-refractivity contribution in [1.82, 2.24) is 4.98 Å². The van der Waals surface area contributed by atoms with Crippen LogP contribution in [0.1, 0.15) is 26.2 Å². The molecule has 4 heteroatoms. The van der Waals surface area contributed by atoms with E-state index in [2.05, 4.69) is 18.8 Å². The Morgan fingerprint density at radius 1 is 1.47 bits per heavy atom. The average Bonchev–Trinajstić information content (AvgIpc) is 2.70. The van der Waals surface area contributed by atoms with Crippen LogP contribution >= 0.6 is 11.8 Å². The van der Waals surface area contributed by atoms with Crippen LogP contribution in [0.5, 0.6) is 0 Å². The van der Waals surface area contributed by atoms with Gasteiger partial charge < -0.3 is 10.2 Å². The Labute approximate surface area is 106 Å². The third-order valence-corrected chi connectivity index (χ3v) is 4.04. The maximum absolute atomic E-state index is 5.70. The van der Waals surface area contributed by atoms with Crippen LogP contribution in [-0.4, -0.2) is 10.7 Å². The Morgan fingerprint density at radius 3 is 3.06 bits per heavy atom. The summed E-state index contributed by atoms with van der Waals surface area (Å²) in [6, 6.07) is 5.57. The van der Waals surface area contributed by atoms with Crippen LogP contribution < -0.4 is 5.73 Å². The number of anilines is 1. The summed E-state index contributed by atoms with van der Waals surface area (Å²) in [4.78, 5) is 4.43. The first-order valence-corrected chi connectivity index (χ1v) is 7.07. The van der Waals surface area contributed by atoms with Gasteiger partial charge >= 0.3 is 0 Å². The van der Waals surface area contributed by atoms with Gasteiger partial charge in [-0.2, -0.15) is 11.8 Å². The number of hydrogen-bond donors (Lipinski definition) is 1. The zero-order valence-corrected chi connectivity index (χ0v) is 11.1. The minimum atomic E-state index is 0.715. The van der Waals surface area contributed by atoms with Gasteiger partial charge in [-0.05, 0) is 23.8 Å². The van der Waals surface area contributed by atoms with Gasteiger partial charge in [-0.1, -0.05) is 20.3 Å². The number of nitrogens with zero attached hydrogens (tertiary/aromatic N) is 1. The van der Waals surface area contributed by atoms with Gasteiger partial charge in [-0.15, -0.1) is 0 Å². The second-order valence-corrected chi connectivity index (χ2v) is 5.39. The maximum atomic E-state index is 5.70. The molecule has 3 nitrogen and oxygen atoms in total. The lowest BCUT2D eigenvalue weighted by molar-refractivity contribution is 0.555. The van der Waals surface area contributed by atoms with Crippen molar-refractivity contribution in [3.05, 3.63) is 24.1 Å². The van der Waals surface area contributed by atoms with Crippen molar-refractivity contribution in [3.63, 3.8) is 0 Å². The molecule has 0 spiro atoms. The van der Waals surface area contributed by atoms with E-state index in [0.717, 1.165) is 34.4 Å². The van der Waals surface area contributed by atoms with E-state index in [1.807, 2.05) is 30.0 Å². The van der Waals surface area contributed by atoms with Gasteiger partial charge in [-0.25, -0.2) is 4.98 Å². The Bertz CT molecular complexity index is 495. The molecule has 17 heavy (non-hydrogen) atoms. The van der Waals surface area contributed by atoms with Crippen molar-refractivity contribution >= 4 is 28.5 Å². The number of fused-ring (bicyclic) bond motifs is 1. The number of hydrogen-bond acceptors (Lipinski definition) is 4. The molecule has 0 aliphatic heterocycles. The molecule has 2 N–H and O–H groups in total. The summed E-state index contributed by atoms with van der Waals surface area (Å²) in [5.74, 6) is 3.52. The largest absolute Gasteiger partial charge is 0.440 e. The van der Waals surface area contributed by atoms with E-state index in [0.29, 0.717) is 5.69 Å². The molecule has 0 saturated heterocycles. The predicted octanol–water partition coefficient (Wildman–Crippen LogP) is 3.69. The topological polar surface area (TPSA) is 52.0 Å². The Hall–Kier alpha value is -1.16. The lowest BCUT2D eigenvalue weighted by Gasteiger charge is -2.05. The van der Waals surface area contributed by atoms with Crippen LogP contribution in [0.3, 0.4) is 0 Å². The summed E-state index contributed by atoms with van der Waals surface area (Å²) >= 11 is 1.87. The van der Waals surface area contributed by atoms with Crippen molar-refractivity contribution in [2.45, 2.75) is 26.0 Å². The summed E-state index contributed by atoms with van der Waals surface area (Å²) in [7, 11) is 0. The van der Waals surface area contributed by atoms with E-state index < -0.39 is 0 Å². The predicted molar refractivity (Wildman–Crippen MR) is 74.0 cm³/mol. The molecule has 1 unspecified atom stereocenters. The summed E-state index contributed by atoms with van der Waals surface area (Å²) in [5, 5.41) is 0. The van der Waals surface area contributed by atoms with Crippen LogP contribution in [0.25, 0.3) is 11.1 Å². The fraction of sp³-hybridized carbons (Fsp3) is 0.462. The normalized spacial score (nSPS) is 13.1. The minimum absolute atomic E-state index is 0.715. The molecule has 0 amide bonds. The van der Waals surface area contributed by atoms with Crippen molar-refractivity contribution in [1.29, 1.82) is 0 Å². The van der Waals surface area contributed by atoms with E-state index in [1.54, 1.807) is 0 Å². The van der Waals surface area contributed by atoms with Crippen LogP contribution in [0.15, 0.2) is 22.6 Å². The fourth-order valence-corrected chi connectivity index (χ4v) is 2.57. The molecule has 0 radical (unpaired) electrons. The number of nitrogen functional groups attached to an aromatic ring is 1. The van der Waals surface area contributed by atoms with Crippen molar-refractivity contribution in [2.75, 3.05) is 11.5 Å². The summed E-state index contributed by atoms with van der Waals surface area (Å²) in [6.45, 7) is 4.48. The first-order chi connectivity index (χ1) is 8.19. The fourth-order valence-electron chi connectivity index (χ4n) is 1.52. The molecular formula is C13H18N2OS. The molecule has 1 aromatic carbocycles. The van der Waals surface area contributed by atoms with Gasteiger partial charge in [0.1, 0.15) is 5.52 Å². The molecule has 1 heterocycles. The van der Waals surface area contributed by atoms with Crippen LogP contribution in [0.2, 0.25) is 0 Å². The number of oxazole rings is 1. The Morgan fingerprint density at radius 2 is 2.29 bits per heavy atom. The van der Waals surface area contributed by atoms with Gasteiger partial charge in [0.2, 0.25) is 5.89 Å². The monoisotopic (exact) mass is 250 g/mol. The Kier molecular flexibility index (Phi) is 3.94. The number of rotatable bonds is 5. The van der Waals surface area contributed by atoms with Crippen LogP contribution in [0.4, 0.5) is 5.69 Å². The smallest absolute Gasteiger partial charge is 0.205 e. The molecule has 92 valence electrons. The highest BCUT2D eigenvalue weighted by Gasteiger charge is 2.07. The standard InChI is InChI=1S/C13H18N2OS/c1-3-9(2)7-17-8-13-15-11-5-4-10(14)6-12(11)16-13/h4-6,9H,3,7-8,14H2,1-2H3. The number of thioether (sulfide) groups is 1. The number of benzene rings is 1. The second kappa shape index (κ2) is 5.45. The first-order valence-electron chi connectivity index (χ1n) is 5.91. The SMILES string of the molecule is CCC(C)CSCc1nc2ccc(N)cc2o1. The molecule has 2 aromatic rings. The summed E-state index contributed by atoms with van der Waals surface area (Å²) in [5.41, 5.74) is 8.08. The van der Waals surface area contributed by atoms with Gasteiger partial charge in [-0.3, -0.25) is 0 Å². The molecule has 2 rings (SSSR count). The van der Waals surface area contributed by atoms with Gasteiger partial charge in [0.25, 0.3) is 0 Å².